The lowest BCUT2D eigenvalue weighted by molar-refractivity contribution is 0.0700. The predicted molar refractivity (Wildman–Crippen MR) is 67.8 cm³/mol. The predicted octanol–water partition coefficient (Wildman–Crippen LogP) is 3.09. The summed E-state index contributed by atoms with van der Waals surface area (Å²) in [7, 11) is 0. The van der Waals surface area contributed by atoms with E-state index in [-0.39, 0.29) is 11.2 Å². The third-order valence-corrected chi connectivity index (χ3v) is 4.72. The molecule has 0 amide bonds. The summed E-state index contributed by atoms with van der Waals surface area (Å²) in [5, 5.41) is 1.96. The van der Waals surface area contributed by atoms with Crippen LogP contribution in [-0.4, -0.2) is 12.3 Å². The molecule has 1 heterocycles. The zero-order valence-electron chi connectivity index (χ0n) is 9.74. The standard InChI is InChI=1S/C13H19NOS/c1-10-4-6-13(9-14,7-5-10)12(15)11-3-2-8-16-11/h2-3,8,10H,4-7,9,14H2,1H3. The van der Waals surface area contributed by atoms with Crippen molar-refractivity contribution in [2.75, 3.05) is 6.54 Å². The number of Topliss-reactive ketones (excluding diaryl/α,β-unsaturated/α-hetero) is 1. The summed E-state index contributed by atoms with van der Waals surface area (Å²) in [6, 6.07) is 3.86. The fraction of sp³-hybridized carbons (Fsp3) is 0.615. The molecule has 1 fully saturated rings. The number of rotatable bonds is 3. The van der Waals surface area contributed by atoms with Crippen LogP contribution in [0.2, 0.25) is 0 Å². The lowest BCUT2D eigenvalue weighted by Gasteiger charge is -2.36. The van der Waals surface area contributed by atoms with Crippen molar-refractivity contribution in [3.05, 3.63) is 22.4 Å². The van der Waals surface area contributed by atoms with Gasteiger partial charge in [0.25, 0.3) is 0 Å². The van der Waals surface area contributed by atoms with E-state index in [9.17, 15) is 4.79 Å². The van der Waals surface area contributed by atoms with Gasteiger partial charge in [0.1, 0.15) is 0 Å². The maximum atomic E-state index is 12.5. The molecular weight excluding hydrogens is 218 g/mol. The zero-order chi connectivity index (χ0) is 11.6. The van der Waals surface area contributed by atoms with Gasteiger partial charge in [0.05, 0.1) is 4.88 Å². The molecule has 0 atom stereocenters. The highest BCUT2D eigenvalue weighted by Gasteiger charge is 2.40. The first-order chi connectivity index (χ1) is 7.68. The van der Waals surface area contributed by atoms with E-state index in [1.165, 1.54) is 11.3 Å². The number of hydrogen-bond acceptors (Lipinski definition) is 3. The van der Waals surface area contributed by atoms with E-state index in [0.717, 1.165) is 36.5 Å². The Hall–Kier alpha value is -0.670. The van der Waals surface area contributed by atoms with E-state index in [0.29, 0.717) is 6.54 Å². The molecule has 3 heteroatoms. The molecule has 0 unspecified atom stereocenters. The summed E-state index contributed by atoms with van der Waals surface area (Å²) in [6.07, 6.45) is 4.19. The van der Waals surface area contributed by atoms with Crippen LogP contribution in [0.5, 0.6) is 0 Å². The Balaban J connectivity index is 2.19. The number of nitrogens with two attached hydrogens (primary N) is 1. The molecule has 88 valence electrons. The minimum Gasteiger partial charge on any atom is -0.329 e. The van der Waals surface area contributed by atoms with Gasteiger partial charge >= 0.3 is 0 Å². The van der Waals surface area contributed by atoms with Crippen molar-refractivity contribution < 1.29 is 4.79 Å². The first-order valence-electron chi connectivity index (χ1n) is 5.96. The van der Waals surface area contributed by atoms with Gasteiger partial charge in [-0.1, -0.05) is 13.0 Å². The molecule has 0 aromatic carbocycles. The molecule has 1 aliphatic carbocycles. The fourth-order valence-corrected chi connectivity index (χ4v) is 3.29. The van der Waals surface area contributed by atoms with Crippen LogP contribution in [0.1, 0.15) is 42.3 Å². The van der Waals surface area contributed by atoms with E-state index in [4.69, 9.17) is 5.73 Å². The maximum Gasteiger partial charge on any atom is 0.180 e. The van der Waals surface area contributed by atoms with Crippen LogP contribution in [0, 0.1) is 11.3 Å². The average Bonchev–Trinajstić information content (AvgIpc) is 2.83. The second-order valence-electron chi connectivity index (χ2n) is 4.97. The molecule has 0 bridgehead atoms. The molecule has 1 saturated carbocycles. The Morgan fingerprint density at radius 2 is 2.25 bits per heavy atom. The summed E-state index contributed by atoms with van der Waals surface area (Å²) in [6.45, 7) is 2.76. The van der Waals surface area contributed by atoms with Crippen LogP contribution in [0.25, 0.3) is 0 Å². The van der Waals surface area contributed by atoms with Gasteiger partial charge in [-0.25, -0.2) is 0 Å². The van der Waals surface area contributed by atoms with Gasteiger partial charge in [0, 0.05) is 12.0 Å². The number of thiophene rings is 1. The van der Waals surface area contributed by atoms with Crippen LogP contribution in [-0.2, 0) is 0 Å². The Labute approximate surface area is 101 Å². The lowest BCUT2D eigenvalue weighted by atomic mass is 9.68. The summed E-state index contributed by atoms with van der Waals surface area (Å²) >= 11 is 1.53. The van der Waals surface area contributed by atoms with E-state index in [2.05, 4.69) is 6.92 Å². The largest absolute Gasteiger partial charge is 0.329 e. The smallest absolute Gasteiger partial charge is 0.180 e. The van der Waals surface area contributed by atoms with Gasteiger partial charge < -0.3 is 5.73 Å². The highest BCUT2D eigenvalue weighted by Crippen LogP contribution is 2.41. The number of carbonyl (C=O) groups excluding carboxylic acids is 1. The molecular formula is C13H19NOS. The minimum absolute atomic E-state index is 0.267. The van der Waals surface area contributed by atoms with Gasteiger partial charge in [-0.3, -0.25) is 4.79 Å². The zero-order valence-corrected chi connectivity index (χ0v) is 10.6. The normalized spacial score (nSPS) is 30.2. The van der Waals surface area contributed by atoms with Crippen molar-refractivity contribution in [3.8, 4) is 0 Å². The topological polar surface area (TPSA) is 43.1 Å². The van der Waals surface area contributed by atoms with Crippen molar-refractivity contribution in [2.45, 2.75) is 32.6 Å². The Morgan fingerprint density at radius 3 is 2.75 bits per heavy atom. The quantitative estimate of drug-likeness (QED) is 0.821. The highest BCUT2D eigenvalue weighted by atomic mass is 32.1. The molecule has 0 radical (unpaired) electrons. The van der Waals surface area contributed by atoms with E-state index < -0.39 is 0 Å². The fourth-order valence-electron chi connectivity index (χ4n) is 2.51. The van der Waals surface area contributed by atoms with Gasteiger partial charge in [-0.15, -0.1) is 11.3 Å². The second-order valence-corrected chi connectivity index (χ2v) is 5.92. The number of hydrogen-bond donors (Lipinski definition) is 1. The van der Waals surface area contributed by atoms with E-state index in [1.807, 2.05) is 17.5 Å². The molecule has 0 saturated heterocycles. The van der Waals surface area contributed by atoms with Crippen molar-refractivity contribution >= 4 is 17.1 Å². The maximum absolute atomic E-state index is 12.5. The number of ketones is 1. The molecule has 1 aromatic rings. The molecule has 1 aromatic heterocycles. The SMILES string of the molecule is CC1CCC(CN)(C(=O)c2cccs2)CC1. The van der Waals surface area contributed by atoms with Crippen molar-refractivity contribution in [1.29, 1.82) is 0 Å². The monoisotopic (exact) mass is 237 g/mol. The van der Waals surface area contributed by atoms with Crippen LogP contribution in [0.15, 0.2) is 17.5 Å². The summed E-state index contributed by atoms with van der Waals surface area (Å²) in [5.74, 6) is 1.02. The second kappa shape index (κ2) is 4.68. The molecule has 0 aliphatic heterocycles. The molecule has 2 N–H and O–H groups in total. The van der Waals surface area contributed by atoms with E-state index >= 15 is 0 Å². The molecule has 0 spiro atoms. The molecule has 16 heavy (non-hydrogen) atoms. The van der Waals surface area contributed by atoms with Gasteiger partial charge in [0.15, 0.2) is 5.78 Å². The highest BCUT2D eigenvalue weighted by molar-refractivity contribution is 7.12. The third-order valence-electron chi connectivity index (χ3n) is 3.85. The molecule has 2 nitrogen and oxygen atoms in total. The van der Waals surface area contributed by atoms with Crippen LogP contribution < -0.4 is 5.73 Å². The first-order valence-corrected chi connectivity index (χ1v) is 6.84. The summed E-state index contributed by atoms with van der Waals surface area (Å²) < 4.78 is 0. The van der Waals surface area contributed by atoms with Crippen LogP contribution in [0.3, 0.4) is 0 Å². The average molecular weight is 237 g/mol. The molecule has 1 aliphatic rings. The number of carbonyl (C=O) groups is 1. The Morgan fingerprint density at radius 1 is 1.56 bits per heavy atom. The summed E-state index contributed by atoms with van der Waals surface area (Å²) in [5.41, 5.74) is 5.61. The summed E-state index contributed by atoms with van der Waals surface area (Å²) in [4.78, 5) is 13.3. The Kier molecular flexibility index (Phi) is 3.45. The molecule has 2 rings (SSSR count). The van der Waals surface area contributed by atoms with Gasteiger partial charge in [-0.05, 0) is 43.0 Å². The van der Waals surface area contributed by atoms with Crippen molar-refractivity contribution in [2.24, 2.45) is 17.1 Å². The third kappa shape index (κ3) is 2.06. The van der Waals surface area contributed by atoms with Crippen molar-refractivity contribution in [1.82, 2.24) is 0 Å². The van der Waals surface area contributed by atoms with E-state index in [1.54, 1.807) is 0 Å². The minimum atomic E-state index is -0.267. The first kappa shape index (κ1) is 11.8. The lowest BCUT2D eigenvalue weighted by Crippen LogP contribution is -2.41. The van der Waals surface area contributed by atoms with Crippen LogP contribution in [0.4, 0.5) is 0 Å². The van der Waals surface area contributed by atoms with Gasteiger partial charge in [-0.2, -0.15) is 0 Å². The van der Waals surface area contributed by atoms with Crippen molar-refractivity contribution in [3.63, 3.8) is 0 Å². The van der Waals surface area contributed by atoms with Crippen LogP contribution >= 0.6 is 11.3 Å². The van der Waals surface area contributed by atoms with Gasteiger partial charge in [0.2, 0.25) is 0 Å². The Bertz CT molecular complexity index is 350.